The maximum absolute atomic E-state index is 13.4. The second kappa shape index (κ2) is 4.67. The van der Waals surface area contributed by atoms with E-state index in [0.717, 1.165) is 23.1 Å². The number of benzene rings is 1. The Morgan fingerprint density at radius 1 is 1.31 bits per heavy atom. The van der Waals surface area contributed by atoms with Gasteiger partial charge in [0.25, 0.3) is 0 Å². The Morgan fingerprint density at radius 3 is 2.88 bits per heavy atom. The molecule has 0 aliphatic carbocycles. The molecule has 5 heteroatoms. The van der Waals surface area contributed by atoms with Gasteiger partial charge in [0.2, 0.25) is 0 Å². The number of aromatic nitrogens is 1. The van der Waals surface area contributed by atoms with E-state index in [1.54, 1.807) is 6.20 Å². The van der Waals surface area contributed by atoms with E-state index in [4.69, 9.17) is 5.11 Å². The molecule has 0 amide bonds. The first kappa shape index (κ1) is 11.2. The van der Waals surface area contributed by atoms with E-state index in [0.29, 0.717) is 11.4 Å². The Balaban J connectivity index is 2.38. The maximum Gasteiger partial charge on any atom is 0.133 e. The number of thiazole rings is 1. The Labute approximate surface area is 95.2 Å². The van der Waals surface area contributed by atoms with Crippen molar-refractivity contribution < 1.29 is 13.9 Å². The van der Waals surface area contributed by atoms with Gasteiger partial charge < -0.3 is 5.11 Å². The molecule has 1 aromatic carbocycles. The van der Waals surface area contributed by atoms with Crippen molar-refractivity contribution in [3.05, 3.63) is 40.9 Å². The highest BCUT2D eigenvalue weighted by Gasteiger charge is 2.10. The number of halogens is 2. The minimum absolute atomic E-state index is 0.0211. The van der Waals surface area contributed by atoms with Crippen LogP contribution < -0.4 is 0 Å². The summed E-state index contributed by atoms with van der Waals surface area (Å²) in [5.41, 5.74) is 0.161. The third-order valence-corrected chi connectivity index (χ3v) is 3.16. The van der Waals surface area contributed by atoms with E-state index in [2.05, 4.69) is 4.98 Å². The normalized spacial score (nSPS) is 10.7. The van der Waals surface area contributed by atoms with Gasteiger partial charge in [-0.15, -0.1) is 11.3 Å². The Morgan fingerprint density at radius 2 is 2.12 bits per heavy atom. The molecule has 0 unspecified atom stereocenters. The molecule has 1 aromatic heterocycles. The van der Waals surface area contributed by atoms with Crippen molar-refractivity contribution in [3.8, 4) is 10.6 Å². The largest absolute Gasteiger partial charge is 0.396 e. The van der Waals surface area contributed by atoms with Crippen LogP contribution in [-0.2, 0) is 6.42 Å². The molecule has 16 heavy (non-hydrogen) atoms. The topological polar surface area (TPSA) is 33.1 Å². The van der Waals surface area contributed by atoms with Gasteiger partial charge in [-0.1, -0.05) is 0 Å². The minimum Gasteiger partial charge on any atom is -0.396 e. The Kier molecular flexibility index (Phi) is 3.26. The number of hydrogen-bond donors (Lipinski definition) is 1. The van der Waals surface area contributed by atoms with Crippen LogP contribution in [0.25, 0.3) is 10.6 Å². The standard InChI is InChI=1S/C11H9F2NOS/c12-7-1-2-10(13)9(5-7)11-14-6-8(16-11)3-4-15/h1-2,5-6,15H,3-4H2. The molecule has 2 rings (SSSR count). The molecular weight excluding hydrogens is 232 g/mol. The van der Waals surface area contributed by atoms with Gasteiger partial charge in [0.1, 0.15) is 16.6 Å². The predicted molar refractivity (Wildman–Crippen MR) is 58.3 cm³/mol. The summed E-state index contributed by atoms with van der Waals surface area (Å²) in [4.78, 5) is 4.86. The molecule has 0 spiro atoms. The van der Waals surface area contributed by atoms with E-state index in [9.17, 15) is 8.78 Å². The summed E-state index contributed by atoms with van der Waals surface area (Å²) in [6, 6.07) is 3.27. The number of hydrogen-bond acceptors (Lipinski definition) is 3. The van der Waals surface area contributed by atoms with Gasteiger partial charge >= 0.3 is 0 Å². The Bertz CT molecular complexity index is 498. The summed E-state index contributed by atoms with van der Waals surface area (Å²) < 4.78 is 26.4. The lowest BCUT2D eigenvalue weighted by molar-refractivity contribution is 0.300. The van der Waals surface area contributed by atoms with Gasteiger partial charge in [-0.2, -0.15) is 0 Å². The lowest BCUT2D eigenvalue weighted by Gasteiger charge is -1.98. The summed E-state index contributed by atoms with van der Waals surface area (Å²) in [6.45, 7) is 0.0211. The second-order valence-electron chi connectivity index (χ2n) is 3.23. The molecule has 0 aliphatic heterocycles. The summed E-state index contributed by atoms with van der Waals surface area (Å²) in [7, 11) is 0. The van der Waals surface area contributed by atoms with E-state index in [1.807, 2.05) is 0 Å². The summed E-state index contributed by atoms with van der Waals surface area (Å²) >= 11 is 1.26. The van der Waals surface area contributed by atoms with Crippen LogP contribution in [0.15, 0.2) is 24.4 Å². The van der Waals surface area contributed by atoms with Gasteiger partial charge in [0.05, 0.1) is 0 Å². The van der Waals surface area contributed by atoms with Crippen molar-refractivity contribution in [1.29, 1.82) is 0 Å². The van der Waals surface area contributed by atoms with Crippen LogP contribution in [0.4, 0.5) is 8.78 Å². The fourth-order valence-electron chi connectivity index (χ4n) is 1.32. The monoisotopic (exact) mass is 241 g/mol. The highest BCUT2D eigenvalue weighted by molar-refractivity contribution is 7.15. The zero-order valence-electron chi connectivity index (χ0n) is 8.28. The zero-order valence-corrected chi connectivity index (χ0v) is 9.10. The van der Waals surface area contributed by atoms with Crippen LogP contribution in [0.5, 0.6) is 0 Å². The van der Waals surface area contributed by atoms with Crippen LogP contribution in [0, 0.1) is 11.6 Å². The van der Waals surface area contributed by atoms with Crippen molar-refractivity contribution in [3.63, 3.8) is 0 Å². The van der Waals surface area contributed by atoms with Crippen LogP contribution in [0.1, 0.15) is 4.88 Å². The van der Waals surface area contributed by atoms with Gasteiger partial charge in [-0.05, 0) is 18.2 Å². The first-order valence-electron chi connectivity index (χ1n) is 4.71. The van der Waals surface area contributed by atoms with Crippen LogP contribution >= 0.6 is 11.3 Å². The van der Waals surface area contributed by atoms with Crippen molar-refractivity contribution in [1.82, 2.24) is 4.98 Å². The molecule has 0 atom stereocenters. The number of aliphatic hydroxyl groups excluding tert-OH is 1. The van der Waals surface area contributed by atoms with Gasteiger partial charge in [0.15, 0.2) is 0 Å². The number of aliphatic hydroxyl groups is 1. The SMILES string of the molecule is OCCc1cnc(-c2cc(F)ccc2F)s1. The molecule has 0 saturated carbocycles. The zero-order chi connectivity index (χ0) is 11.5. The fourth-order valence-corrected chi connectivity index (χ4v) is 2.24. The van der Waals surface area contributed by atoms with Gasteiger partial charge in [-0.25, -0.2) is 13.8 Å². The molecule has 1 N–H and O–H groups in total. The lowest BCUT2D eigenvalue weighted by Crippen LogP contribution is -1.85. The van der Waals surface area contributed by atoms with Crippen LogP contribution in [-0.4, -0.2) is 16.7 Å². The van der Waals surface area contributed by atoms with E-state index >= 15 is 0 Å². The highest BCUT2D eigenvalue weighted by atomic mass is 32.1. The van der Waals surface area contributed by atoms with E-state index in [1.165, 1.54) is 11.3 Å². The third-order valence-electron chi connectivity index (χ3n) is 2.07. The summed E-state index contributed by atoms with van der Waals surface area (Å²) in [5.74, 6) is -0.985. The maximum atomic E-state index is 13.4. The van der Waals surface area contributed by atoms with E-state index < -0.39 is 11.6 Å². The molecule has 2 nitrogen and oxygen atoms in total. The average molecular weight is 241 g/mol. The summed E-state index contributed by atoms with van der Waals surface area (Å²) in [5, 5.41) is 9.17. The highest BCUT2D eigenvalue weighted by Crippen LogP contribution is 2.28. The first-order valence-corrected chi connectivity index (χ1v) is 5.53. The van der Waals surface area contributed by atoms with Crippen LogP contribution in [0.2, 0.25) is 0 Å². The minimum atomic E-state index is -0.494. The average Bonchev–Trinajstić information content (AvgIpc) is 2.71. The molecule has 0 aliphatic rings. The lowest BCUT2D eigenvalue weighted by atomic mass is 10.2. The summed E-state index contributed by atoms with van der Waals surface area (Å²) in [6.07, 6.45) is 2.05. The fraction of sp³-hybridized carbons (Fsp3) is 0.182. The first-order chi connectivity index (χ1) is 7.70. The number of nitrogens with zero attached hydrogens (tertiary/aromatic N) is 1. The molecule has 0 bridgehead atoms. The van der Waals surface area contributed by atoms with Crippen molar-refractivity contribution in [2.24, 2.45) is 0 Å². The molecule has 0 radical (unpaired) electrons. The second-order valence-corrected chi connectivity index (χ2v) is 4.34. The third kappa shape index (κ3) is 2.25. The smallest absolute Gasteiger partial charge is 0.133 e. The predicted octanol–water partition coefficient (Wildman–Crippen LogP) is 2.62. The molecule has 1 heterocycles. The molecule has 0 saturated heterocycles. The quantitative estimate of drug-likeness (QED) is 0.896. The van der Waals surface area contributed by atoms with Crippen molar-refractivity contribution >= 4 is 11.3 Å². The van der Waals surface area contributed by atoms with Gasteiger partial charge in [-0.3, -0.25) is 0 Å². The van der Waals surface area contributed by atoms with Crippen molar-refractivity contribution in [2.75, 3.05) is 6.61 Å². The molecule has 2 aromatic rings. The van der Waals surface area contributed by atoms with Gasteiger partial charge in [0, 0.05) is 29.7 Å². The van der Waals surface area contributed by atoms with Crippen molar-refractivity contribution in [2.45, 2.75) is 6.42 Å². The van der Waals surface area contributed by atoms with Crippen LogP contribution in [0.3, 0.4) is 0 Å². The molecular formula is C11H9F2NOS. The molecule has 84 valence electrons. The van der Waals surface area contributed by atoms with E-state index in [-0.39, 0.29) is 12.2 Å². The number of rotatable bonds is 3. The molecule has 0 fully saturated rings. The Hall–Kier alpha value is -1.33.